The van der Waals surface area contributed by atoms with Crippen LogP contribution in [0.1, 0.15) is 79.0 Å². The highest BCUT2D eigenvalue weighted by atomic mass is 16.3. The zero-order valence-corrected chi connectivity index (χ0v) is 18.5. The Bertz CT molecular complexity index is 890. The standard InChI is InChI=1S/C23H35N5O/c1-6-18(7-2)25-21-20-22(28(15-24-20)14-16(3)4)27-19(26-21)10-12-23(29)11-8-9-17(5)13-23/h15-18,29H,6-9,11,13-14H2,1-5H3,(H,25,26,27). The van der Waals surface area contributed by atoms with Crippen molar-refractivity contribution in [2.24, 2.45) is 11.8 Å². The van der Waals surface area contributed by atoms with Crippen LogP contribution in [0.3, 0.4) is 0 Å². The second-order valence-corrected chi connectivity index (χ2v) is 9.00. The first-order valence-electron chi connectivity index (χ1n) is 11.1. The van der Waals surface area contributed by atoms with Crippen molar-refractivity contribution in [3.05, 3.63) is 12.2 Å². The van der Waals surface area contributed by atoms with Gasteiger partial charge >= 0.3 is 0 Å². The van der Waals surface area contributed by atoms with Crippen LogP contribution in [-0.4, -0.2) is 36.3 Å². The van der Waals surface area contributed by atoms with E-state index in [1.807, 2.05) is 6.33 Å². The highest BCUT2D eigenvalue weighted by Gasteiger charge is 2.30. The summed E-state index contributed by atoms with van der Waals surface area (Å²) in [5, 5.41) is 14.4. The third-order valence-electron chi connectivity index (χ3n) is 5.73. The molecule has 2 aromatic rings. The highest BCUT2D eigenvalue weighted by Crippen LogP contribution is 2.31. The summed E-state index contributed by atoms with van der Waals surface area (Å²) in [5.41, 5.74) is 0.653. The molecule has 1 fully saturated rings. The van der Waals surface area contributed by atoms with E-state index in [9.17, 15) is 5.11 Å². The number of rotatable bonds is 6. The number of hydrogen-bond acceptors (Lipinski definition) is 5. The molecule has 1 aliphatic carbocycles. The van der Waals surface area contributed by atoms with E-state index in [4.69, 9.17) is 4.98 Å². The van der Waals surface area contributed by atoms with Crippen molar-refractivity contribution in [2.75, 3.05) is 5.32 Å². The minimum atomic E-state index is -0.933. The maximum Gasteiger partial charge on any atom is 0.209 e. The number of aromatic nitrogens is 4. The second kappa shape index (κ2) is 9.13. The average molecular weight is 398 g/mol. The van der Waals surface area contributed by atoms with Gasteiger partial charge in [-0.3, -0.25) is 0 Å². The first-order chi connectivity index (χ1) is 13.8. The number of nitrogens with zero attached hydrogens (tertiary/aromatic N) is 4. The molecule has 6 heteroatoms. The predicted molar refractivity (Wildman–Crippen MR) is 118 cm³/mol. The predicted octanol–water partition coefficient (Wildman–Crippen LogP) is 4.38. The topological polar surface area (TPSA) is 75.9 Å². The first-order valence-corrected chi connectivity index (χ1v) is 11.1. The molecule has 2 unspecified atom stereocenters. The van der Waals surface area contributed by atoms with Crippen LogP contribution in [0.5, 0.6) is 0 Å². The SMILES string of the molecule is CCC(CC)Nc1nc(C#CC2(O)CCCC(C)C2)nc2c1ncn2CC(C)C. The smallest absolute Gasteiger partial charge is 0.209 e. The molecular weight excluding hydrogens is 362 g/mol. The lowest BCUT2D eigenvalue weighted by Gasteiger charge is -2.30. The maximum atomic E-state index is 10.9. The van der Waals surface area contributed by atoms with Gasteiger partial charge < -0.3 is 15.0 Å². The summed E-state index contributed by atoms with van der Waals surface area (Å²) >= 11 is 0. The summed E-state index contributed by atoms with van der Waals surface area (Å²) < 4.78 is 2.07. The molecule has 0 radical (unpaired) electrons. The van der Waals surface area contributed by atoms with Crippen LogP contribution in [0.15, 0.2) is 6.33 Å². The summed E-state index contributed by atoms with van der Waals surface area (Å²) in [5.74, 6) is 8.34. The lowest BCUT2D eigenvalue weighted by molar-refractivity contribution is 0.0410. The van der Waals surface area contributed by atoms with E-state index in [1.54, 1.807) is 0 Å². The second-order valence-electron chi connectivity index (χ2n) is 9.00. The van der Waals surface area contributed by atoms with Crippen molar-refractivity contribution >= 4 is 17.0 Å². The van der Waals surface area contributed by atoms with Crippen LogP contribution in [0, 0.1) is 23.7 Å². The average Bonchev–Trinajstić information content (AvgIpc) is 3.06. The van der Waals surface area contributed by atoms with Crippen LogP contribution in [0.4, 0.5) is 5.82 Å². The fourth-order valence-electron chi connectivity index (χ4n) is 4.12. The van der Waals surface area contributed by atoms with E-state index < -0.39 is 5.60 Å². The summed E-state index contributed by atoms with van der Waals surface area (Å²) in [6.07, 6.45) is 7.45. The van der Waals surface area contributed by atoms with Crippen molar-refractivity contribution in [2.45, 2.75) is 91.3 Å². The highest BCUT2D eigenvalue weighted by molar-refractivity contribution is 5.83. The number of hydrogen-bond donors (Lipinski definition) is 2. The fourth-order valence-corrected chi connectivity index (χ4v) is 4.12. The number of aliphatic hydroxyl groups is 1. The van der Waals surface area contributed by atoms with Gasteiger partial charge in [-0.1, -0.05) is 47.0 Å². The van der Waals surface area contributed by atoms with Crippen LogP contribution >= 0.6 is 0 Å². The molecule has 1 saturated carbocycles. The summed E-state index contributed by atoms with van der Waals surface area (Å²) in [7, 11) is 0. The summed E-state index contributed by atoms with van der Waals surface area (Å²) in [4.78, 5) is 14.0. The van der Waals surface area contributed by atoms with Crippen LogP contribution in [-0.2, 0) is 6.54 Å². The van der Waals surface area contributed by atoms with Crippen molar-refractivity contribution < 1.29 is 5.11 Å². The zero-order chi connectivity index (χ0) is 21.0. The van der Waals surface area contributed by atoms with E-state index in [1.165, 1.54) is 0 Å². The molecule has 3 rings (SSSR count). The van der Waals surface area contributed by atoms with Gasteiger partial charge in [0, 0.05) is 12.6 Å². The molecule has 0 amide bonds. The zero-order valence-electron chi connectivity index (χ0n) is 18.5. The van der Waals surface area contributed by atoms with E-state index in [0.29, 0.717) is 30.1 Å². The van der Waals surface area contributed by atoms with Gasteiger partial charge in [0.2, 0.25) is 5.82 Å². The number of nitrogens with one attached hydrogen (secondary N) is 1. The van der Waals surface area contributed by atoms with Crippen LogP contribution in [0.25, 0.3) is 11.2 Å². The quantitative estimate of drug-likeness (QED) is 0.708. The minimum Gasteiger partial charge on any atom is -0.378 e. The lowest BCUT2D eigenvalue weighted by atomic mass is 9.79. The molecule has 6 nitrogen and oxygen atoms in total. The summed E-state index contributed by atoms with van der Waals surface area (Å²) in [6.45, 7) is 11.7. The van der Waals surface area contributed by atoms with Crippen molar-refractivity contribution in [1.29, 1.82) is 0 Å². The molecule has 2 atom stereocenters. The number of anilines is 1. The van der Waals surface area contributed by atoms with Crippen molar-refractivity contribution in [3.8, 4) is 11.8 Å². The van der Waals surface area contributed by atoms with Gasteiger partial charge in [-0.2, -0.15) is 0 Å². The molecule has 0 saturated heterocycles. The molecule has 2 heterocycles. The molecule has 2 N–H and O–H groups in total. The molecule has 29 heavy (non-hydrogen) atoms. The Morgan fingerprint density at radius 3 is 2.72 bits per heavy atom. The Hall–Kier alpha value is -2.13. The Morgan fingerprint density at radius 1 is 1.31 bits per heavy atom. The molecule has 0 aromatic carbocycles. The van der Waals surface area contributed by atoms with Crippen LogP contribution < -0.4 is 5.32 Å². The molecule has 0 aliphatic heterocycles. The Kier molecular flexibility index (Phi) is 6.79. The first kappa shape index (κ1) is 21.6. The van der Waals surface area contributed by atoms with E-state index in [2.05, 4.69) is 66.3 Å². The largest absolute Gasteiger partial charge is 0.378 e. The third kappa shape index (κ3) is 5.27. The fraction of sp³-hybridized carbons (Fsp3) is 0.696. The molecule has 0 spiro atoms. The number of imidazole rings is 1. The Balaban J connectivity index is 2.01. The third-order valence-corrected chi connectivity index (χ3v) is 5.73. The lowest BCUT2D eigenvalue weighted by Crippen LogP contribution is -2.32. The molecule has 0 bridgehead atoms. The van der Waals surface area contributed by atoms with E-state index >= 15 is 0 Å². The maximum absolute atomic E-state index is 10.9. The van der Waals surface area contributed by atoms with Gasteiger partial charge in [0.15, 0.2) is 17.0 Å². The van der Waals surface area contributed by atoms with Gasteiger partial charge in [0.1, 0.15) is 5.60 Å². The monoisotopic (exact) mass is 397 g/mol. The Labute approximate surface area is 174 Å². The van der Waals surface area contributed by atoms with Gasteiger partial charge in [0.05, 0.1) is 6.33 Å². The van der Waals surface area contributed by atoms with Crippen LogP contribution in [0.2, 0.25) is 0 Å². The van der Waals surface area contributed by atoms with Gasteiger partial charge in [-0.15, -0.1) is 0 Å². The molecule has 158 valence electrons. The molecule has 1 aliphatic rings. The van der Waals surface area contributed by atoms with Crippen molar-refractivity contribution in [3.63, 3.8) is 0 Å². The minimum absolute atomic E-state index is 0.326. The van der Waals surface area contributed by atoms with Gasteiger partial charge in [-0.05, 0) is 49.9 Å². The molecule has 2 aromatic heterocycles. The normalized spacial score (nSPS) is 22.1. The van der Waals surface area contributed by atoms with E-state index in [-0.39, 0.29) is 0 Å². The Morgan fingerprint density at radius 2 is 2.07 bits per heavy atom. The van der Waals surface area contributed by atoms with Gasteiger partial charge in [-0.25, -0.2) is 15.0 Å². The summed E-state index contributed by atoms with van der Waals surface area (Å²) in [6, 6.07) is 0.326. The van der Waals surface area contributed by atoms with Crippen molar-refractivity contribution in [1.82, 2.24) is 19.5 Å². The van der Waals surface area contributed by atoms with E-state index in [0.717, 1.165) is 55.6 Å². The molecular formula is C23H35N5O. The van der Waals surface area contributed by atoms with Gasteiger partial charge in [0.25, 0.3) is 0 Å². The number of fused-ring (bicyclic) bond motifs is 1.